The summed E-state index contributed by atoms with van der Waals surface area (Å²) in [6, 6.07) is 92.0. The lowest BCUT2D eigenvalue weighted by molar-refractivity contribution is 0.674. The van der Waals surface area contributed by atoms with Crippen LogP contribution in [0.5, 0.6) is 0 Å². The lowest BCUT2D eigenvalue weighted by Crippen LogP contribution is -2.36. The van der Waals surface area contributed by atoms with Crippen LogP contribution in [-0.2, 0) is 5.41 Å². The summed E-state index contributed by atoms with van der Waals surface area (Å²) in [5.41, 5.74) is 20.9. The first-order valence-electron chi connectivity index (χ1n) is 23.3. The average molecular weight is 869 g/mol. The first-order valence-corrected chi connectivity index (χ1v) is 23.3. The van der Waals surface area contributed by atoms with Crippen molar-refractivity contribution < 1.29 is 0 Å². The van der Waals surface area contributed by atoms with E-state index in [0.717, 1.165) is 39.3 Å². The highest BCUT2D eigenvalue weighted by Gasteiger charge is 2.51. The summed E-state index contributed by atoms with van der Waals surface area (Å²) >= 11 is 0. The number of nitrogens with one attached hydrogen (secondary N) is 1. The molecule has 13 rings (SSSR count). The standard InChI is InChI=1S/C64H44N4/c1-4-17-43(18-5-1)44-31-35-47(36-32-44)62-65-61(46-19-6-2-7-20-46)66-63(67-62)48-37-33-45(34-38-48)49-21-16-22-50(41-49)51-39-40-56-54(42-51)53-25-10-11-26-55(53)64(56)57-27-12-14-29-59(57)68(52-23-8-3-9-24-52)60-30-15-13-28-58(60)64/h1-42,61H,(H,65,66,67). The van der Waals surface area contributed by atoms with Crippen LogP contribution in [0.25, 0.3) is 44.5 Å². The summed E-state index contributed by atoms with van der Waals surface area (Å²) in [6.45, 7) is 0. The molecule has 1 spiro atoms. The molecule has 1 N–H and O–H groups in total. The fourth-order valence-electron chi connectivity index (χ4n) is 10.8. The largest absolute Gasteiger partial charge is 0.344 e. The molecular weight excluding hydrogens is 825 g/mol. The van der Waals surface area contributed by atoms with Crippen LogP contribution in [0.15, 0.2) is 265 Å². The van der Waals surface area contributed by atoms with Crippen molar-refractivity contribution in [3.63, 3.8) is 0 Å². The van der Waals surface area contributed by atoms with Gasteiger partial charge in [0.15, 0.2) is 5.84 Å². The van der Waals surface area contributed by atoms with E-state index in [9.17, 15) is 0 Å². The molecule has 0 radical (unpaired) electrons. The van der Waals surface area contributed by atoms with Crippen molar-refractivity contribution in [3.8, 4) is 44.5 Å². The second-order valence-electron chi connectivity index (χ2n) is 17.7. The van der Waals surface area contributed by atoms with Crippen LogP contribution >= 0.6 is 0 Å². The molecule has 10 aromatic rings. The average Bonchev–Trinajstić information content (AvgIpc) is 3.71. The van der Waals surface area contributed by atoms with Gasteiger partial charge in [0.25, 0.3) is 0 Å². The zero-order valence-electron chi connectivity index (χ0n) is 37.2. The number of amidine groups is 2. The van der Waals surface area contributed by atoms with Gasteiger partial charge in [0.1, 0.15) is 12.0 Å². The van der Waals surface area contributed by atoms with E-state index in [-0.39, 0.29) is 6.17 Å². The maximum atomic E-state index is 5.15. The van der Waals surface area contributed by atoms with E-state index in [2.05, 4.69) is 253 Å². The summed E-state index contributed by atoms with van der Waals surface area (Å²) in [6.07, 6.45) is -0.274. The number of para-hydroxylation sites is 3. The Balaban J connectivity index is 0.852. The molecule has 1 atom stereocenters. The minimum atomic E-state index is -0.482. The number of hydrogen-bond donors (Lipinski definition) is 1. The summed E-state index contributed by atoms with van der Waals surface area (Å²) in [5, 5.41) is 3.62. The fourth-order valence-corrected chi connectivity index (χ4v) is 10.8. The third kappa shape index (κ3) is 6.45. The van der Waals surface area contributed by atoms with Crippen molar-refractivity contribution in [1.82, 2.24) is 5.32 Å². The van der Waals surface area contributed by atoms with Crippen molar-refractivity contribution in [2.24, 2.45) is 9.98 Å². The molecule has 10 aromatic carbocycles. The molecule has 320 valence electrons. The Morgan fingerprint density at radius 1 is 0.353 bits per heavy atom. The summed E-state index contributed by atoms with van der Waals surface area (Å²) in [7, 11) is 0. The van der Waals surface area contributed by atoms with Gasteiger partial charge in [0.2, 0.25) is 0 Å². The highest BCUT2D eigenvalue weighted by Crippen LogP contribution is 2.63. The van der Waals surface area contributed by atoms with Crippen molar-refractivity contribution in [1.29, 1.82) is 0 Å². The van der Waals surface area contributed by atoms with E-state index in [4.69, 9.17) is 9.98 Å². The van der Waals surface area contributed by atoms with Crippen LogP contribution in [0.2, 0.25) is 0 Å². The molecule has 4 heteroatoms. The predicted molar refractivity (Wildman–Crippen MR) is 280 cm³/mol. The molecule has 0 saturated heterocycles. The number of rotatable bonds is 7. The van der Waals surface area contributed by atoms with Gasteiger partial charge < -0.3 is 10.2 Å². The maximum absolute atomic E-state index is 5.15. The number of benzene rings is 10. The molecule has 1 aliphatic carbocycles. The Bertz CT molecular complexity index is 3530. The second kappa shape index (κ2) is 16.2. The molecule has 0 aromatic heterocycles. The minimum absolute atomic E-state index is 0.274. The molecule has 0 saturated carbocycles. The second-order valence-corrected chi connectivity index (χ2v) is 17.7. The molecule has 4 nitrogen and oxygen atoms in total. The predicted octanol–water partition coefficient (Wildman–Crippen LogP) is 15.3. The Kier molecular flexibility index (Phi) is 9.43. The van der Waals surface area contributed by atoms with Crippen LogP contribution in [0.4, 0.5) is 17.1 Å². The summed E-state index contributed by atoms with van der Waals surface area (Å²) in [5.74, 6) is 1.50. The highest BCUT2D eigenvalue weighted by atomic mass is 15.2. The number of anilines is 3. The van der Waals surface area contributed by atoms with Crippen LogP contribution in [0.3, 0.4) is 0 Å². The summed E-state index contributed by atoms with van der Waals surface area (Å²) < 4.78 is 0. The third-order valence-corrected chi connectivity index (χ3v) is 14.0. The van der Waals surface area contributed by atoms with E-state index in [1.165, 1.54) is 67.0 Å². The number of fused-ring (bicyclic) bond motifs is 9. The molecule has 0 amide bonds. The Hall–Kier alpha value is -8.86. The van der Waals surface area contributed by atoms with E-state index in [1.54, 1.807) is 0 Å². The lowest BCUT2D eigenvalue weighted by Gasteiger charge is -2.45. The smallest absolute Gasteiger partial charge is 0.159 e. The number of aliphatic imine (C=N–C) groups is 2. The topological polar surface area (TPSA) is 40.0 Å². The van der Waals surface area contributed by atoms with Gasteiger partial charge in [-0.3, -0.25) is 0 Å². The molecule has 0 fully saturated rings. The van der Waals surface area contributed by atoms with E-state index in [0.29, 0.717) is 5.84 Å². The number of nitrogens with zero attached hydrogens (tertiary/aromatic N) is 3. The minimum Gasteiger partial charge on any atom is -0.344 e. The first kappa shape index (κ1) is 39.5. The van der Waals surface area contributed by atoms with Gasteiger partial charge in [0, 0.05) is 16.8 Å². The van der Waals surface area contributed by atoms with Gasteiger partial charge in [-0.25, -0.2) is 9.98 Å². The Morgan fingerprint density at radius 2 is 0.824 bits per heavy atom. The van der Waals surface area contributed by atoms with Crippen LogP contribution in [0.1, 0.15) is 45.1 Å². The molecule has 2 heterocycles. The Labute approximate surface area is 396 Å². The van der Waals surface area contributed by atoms with Crippen molar-refractivity contribution in [2.75, 3.05) is 4.90 Å². The van der Waals surface area contributed by atoms with E-state index >= 15 is 0 Å². The highest BCUT2D eigenvalue weighted by molar-refractivity contribution is 6.13. The van der Waals surface area contributed by atoms with Crippen molar-refractivity contribution >= 4 is 28.7 Å². The fraction of sp³-hybridized carbons (Fsp3) is 0.0312. The van der Waals surface area contributed by atoms with Gasteiger partial charge in [-0.05, 0) is 109 Å². The van der Waals surface area contributed by atoms with Gasteiger partial charge in [-0.1, -0.05) is 218 Å². The van der Waals surface area contributed by atoms with Crippen molar-refractivity contribution in [2.45, 2.75) is 11.6 Å². The van der Waals surface area contributed by atoms with Gasteiger partial charge >= 0.3 is 0 Å². The monoisotopic (exact) mass is 868 g/mol. The van der Waals surface area contributed by atoms with E-state index in [1.807, 2.05) is 12.1 Å². The van der Waals surface area contributed by atoms with Gasteiger partial charge in [-0.2, -0.15) is 0 Å². The van der Waals surface area contributed by atoms with E-state index < -0.39 is 5.41 Å². The maximum Gasteiger partial charge on any atom is 0.159 e. The van der Waals surface area contributed by atoms with Crippen LogP contribution in [-0.4, -0.2) is 11.7 Å². The molecular formula is C64H44N4. The van der Waals surface area contributed by atoms with Crippen molar-refractivity contribution in [3.05, 3.63) is 294 Å². The summed E-state index contributed by atoms with van der Waals surface area (Å²) in [4.78, 5) is 12.7. The zero-order valence-corrected chi connectivity index (χ0v) is 37.2. The Morgan fingerprint density at radius 3 is 1.51 bits per heavy atom. The third-order valence-electron chi connectivity index (χ3n) is 14.0. The zero-order chi connectivity index (χ0) is 45.0. The lowest BCUT2D eigenvalue weighted by atomic mass is 9.64. The molecule has 0 bridgehead atoms. The SMILES string of the molecule is c1ccc(-c2ccc(C3=NC(c4ccc(-c5cccc(-c6ccc7c(c6)-c6ccccc6C76c7ccccc7N(c7ccccc7)c7ccccc76)c5)cc4)=NC(c4ccccc4)N3)cc2)cc1. The van der Waals surface area contributed by atoms with Gasteiger partial charge in [-0.15, -0.1) is 0 Å². The van der Waals surface area contributed by atoms with Crippen LogP contribution < -0.4 is 10.2 Å². The molecule has 3 aliphatic rings. The molecule has 1 unspecified atom stereocenters. The van der Waals surface area contributed by atoms with Crippen LogP contribution in [0, 0.1) is 0 Å². The number of hydrogen-bond acceptors (Lipinski definition) is 4. The van der Waals surface area contributed by atoms with Gasteiger partial charge in [0.05, 0.1) is 16.8 Å². The normalized spacial score (nSPS) is 15.0. The quantitative estimate of drug-likeness (QED) is 0.173. The molecule has 68 heavy (non-hydrogen) atoms. The molecule has 2 aliphatic heterocycles. The first-order chi connectivity index (χ1) is 33.7.